The Morgan fingerprint density at radius 1 is 0.500 bits per heavy atom. The second kappa shape index (κ2) is 31.4. The number of rotatable bonds is 0. The van der Waals surface area contributed by atoms with Crippen molar-refractivity contribution in [3.05, 3.63) is 0 Å². The number of hydrogen-bond acceptors (Lipinski definition) is 3. The van der Waals surface area contributed by atoms with Crippen LogP contribution >= 0.6 is 0 Å². The molecule has 3 N–H and O–H groups in total. The Morgan fingerprint density at radius 2 is 0.500 bits per heavy atom. The first-order valence-electron chi connectivity index (χ1n) is 0. The molecule has 0 aromatic carbocycles. The molecular weight excluding hydrogens is 88.1 g/mol. The molecule has 0 aromatic heterocycles. The first-order valence-corrected chi connectivity index (χ1v) is 0. The Bertz CT molecular complexity index is 3.25. The van der Waals surface area contributed by atoms with Crippen LogP contribution in [0.3, 0.4) is 0 Å². The molecule has 24 valence electrons. The second-order valence-corrected chi connectivity index (χ2v) is 0. The van der Waals surface area contributed by atoms with Crippen molar-refractivity contribution in [2.75, 3.05) is 0 Å². The largest absolute Gasteiger partial charge is 2.00 e. The third-order valence-corrected chi connectivity index (χ3v) is 0. The predicted octanol–water partition coefficient (Wildman–Crippen LogP) is -0.911. The summed E-state index contributed by atoms with van der Waals surface area (Å²) >= 11 is 0. The van der Waals surface area contributed by atoms with Crippen LogP contribution in [0, 0.1) is 0 Å². The van der Waals surface area contributed by atoms with Gasteiger partial charge >= 0.3 is 37.7 Å². The second-order valence-electron chi connectivity index (χ2n) is 0. The standard InChI is InChI=1S/Ca.3H2O/h;3*1H2/q+2;;;/p-3. The minimum absolute atomic E-state index is 0. The molecule has 0 rings (SSSR count). The van der Waals surface area contributed by atoms with Crippen molar-refractivity contribution < 1.29 is 16.4 Å². The van der Waals surface area contributed by atoms with Crippen molar-refractivity contribution >= 4 is 37.7 Å². The van der Waals surface area contributed by atoms with Gasteiger partial charge in [-0.1, -0.05) is 0 Å². The van der Waals surface area contributed by atoms with E-state index in [9.17, 15) is 0 Å². The van der Waals surface area contributed by atoms with Crippen LogP contribution in [-0.2, 0) is 0 Å². The SMILES string of the molecule is [Ca+2].[OH-].[OH-].[OH-]. The molecule has 4 heteroatoms. The van der Waals surface area contributed by atoms with Gasteiger partial charge in [-0.05, 0) is 0 Å². The van der Waals surface area contributed by atoms with Crippen molar-refractivity contribution in [3.63, 3.8) is 0 Å². The third-order valence-electron chi connectivity index (χ3n) is 0. The van der Waals surface area contributed by atoms with Gasteiger partial charge in [-0.15, -0.1) is 0 Å². The topological polar surface area (TPSA) is 90.0 Å². The van der Waals surface area contributed by atoms with E-state index in [1.807, 2.05) is 0 Å². The molecule has 0 saturated carbocycles. The van der Waals surface area contributed by atoms with Crippen LogP contribution in [0.2, 0.25) is 0 Å². The summed E-state index contributed by atoms with van der Waals surface area (Å²) < 4.78 is 0. The summed E-state index contributed by atoms with van der Waals surface area (Å²) in [5.41, 5.74) is 0. The van der Waals surface area contributed by atoms with Gasteiger partial charge in [0.2, 0.25) is 0 Å². The van der Waals surface area contributed by atoms with E-state index in [1.54, 1.807) is 0 Å². The summed E-state index contributed by atoms with van der Waals surface area (Å²) in [6.07, 6.45) is 0. The molecule has 0 aliphatic heterocycles. The van der Waals surface area contributed by atoms with Gasteiger partial charge in [0.1, 0.15) is 0 Å². The zero-order valence-corrected chi connectivity index (χ0v) is 4.26. The molecule has 3 nitrogen and oxygen atoms in total. The molecule has 0 fully saturated rings. The molecular formula is H3CaO3-. The van der Waals surface area contributed by atoms with E-state index < -0.39 is 0 Å². The zero-order chi connectivity index (χ0) is 0. The van der Waals surface area contributed by atoms with Crippen molar-refractivity contribution in [3.8, 4) is 0 Å². The van der Waals surface area contributed by atoms with Crippen molar-refractivity contribution in [2.24, 2.45) is 0 Å². The summed E-state index contributed by atoms with van der Waals surface area (Å²) in [6, 6.07) is 0. The van der Waals surface area contributed by atoms with Crippen molar-refractivity contribution in [2.45, 2.75) is 0 Å². The van der Waals surface area contributed by atoms with E-state index in [0.717, 1.165) is 0 Å². The molecule has 0 spiro atoms. The average molecular weight is 91.1 g/mol. The smallest absolute Gasteiger partial charge is 0.870 e. The normalized spacial score (nSPS) is 0. The fourth-order valence-electron chi connectivity index (χ4n) is 0. The van der Waals surface area contributed by atoms with Gasteiger partial charge in [0.05, 0.1) is 0 Å². The third kappa shape index (κ3) is 11.1. The number of hydrogen-bond donors (Lipinski definition) is 0. The maximum atomic E-state index is 0. The van der Waals surface area contributed by atoms with Crippen LogP contribution in [0.5, 0.6) is 0 Å². The predicted molar refractivity (Wildman–Crippen MR) is 11.6 cm³/mol. The van der Waals surface area contributed by atoms with Gasteiger partial charge in [0.25, 0.3) is 0 Å². The van der Waals surface area contributed by atoms with Crippen LogP contribution in [0.15, 0.2) is 0 Å². The fourth-order valence-corrected chi connectivity index (χ4v) is 0. The van der Waals surface area contributed by atoms with E-state index in [1.165, 1.54) is 0 Å². The van der Waals surface area contributed by atoms with Gasteiger partial charge in [-0.25, -0.2) is 0 Å². The Morgan fingerprint density at radius 3 is 0.500 bits per heavy atom. The molecule has 4 heavy (non-hydrogen) atoms. The summed E-state index contributed by atoms with van der Waals surface area (Å²) in [7, 11) is 0. The molecule has 0 saturated heterocycles. The molecule has 0 amide bonds. The van der Waals surface area contributed by atoms with Crippen LogP contribution in [0.4, 0.5) is 0 Å². The fraction of sp³-hybridized carbons (Fsp3) is 0. The van der Waals surface area contributed by atoms with Gasteiger partial charge in [-0.3, -0.25) is 0 Å². The summed E-state index contributed by atoms with van der Waals surface area (Å²) in [4.78, 5) is 0. The Balaban J connectivity index is 0. The van der Waals surface area contributed by atoms with Crippen LogP contribution < -0.4 is 0 Å². The molecule has 0 radical (unpaired) electrons. The van der Waals surface area contributed by atoms with Gasteiger partial charge < -0.3 is 16.4 Å². The van der Waals surface area contributed by atoms with Gasteiger partial charge in [0.15, 0.2) is 0 Å². The minimum atomic E-state index is 0. The molecule has 0 aromatic rings. The Labute approximate surface area is 53.9 Å². The minimum Gasteiger partial charge on any atom is -0.870 e. The van der Waals surface area contributed by atoms with Gasteiger partial charge in [0, 0.05) is 0 Å². The van der Waals surface area contributed by atoms with Crippen LogP contribution in [0.25, 0.3) is 0 Å². The monoisotopic (exact) mass is 91.0 g/mol. The first kappa shape index (κ1) is 67.8. The molecule has 0 bridgehead atoms. The van der Waals surface area contributed by atoms with E-state index in [0.29, 0.717) is 0 Å². The van der Waals surface area contributed by atoms with E-state index in [-0.39, 0.29) is 54.2 Å². The zero-order valence-electron chi connectivity index (χ0n) is 2.05. The molecule has 0 atom stereocenters. The van der Waals surface area contributed by atoms with Crippen molar-refractivity contribution in [1.82, 2.24) is 0 Å². The Kier molecular flexibility index (Phi) is 533. The van der Waals surface area contributed by atoms with Gasteiger partial charge in [-0.2, -0.15) is 0 Å². The van der Waals surface area contributed by atoms with Crippen LogP contribution in [-0.4, -0.2) is 54.2 Å². The quantitative estimate of drug-likeness (QED) is 0.361. The maximum absolute atomic E-state index is 0. The van der Waals surface area contributed by atoms with Crippen molar-refractivity contribution in [1.29, 1.82) is 0 Å². The molecule has 0 unspecified atom stereocenters. The molecule has 0 heterocycles. The van der Waals surface area contributed by atoms with Crippen LogP contribution in [0.1, 0.15) is 0 Å². The average Bonchev–Trinajstić information content (AvgIpc) is 0. The Hall–Kier alpha value is 1.14. The van der Waals surface area contributed by atoms with E-state index >= 15 is 0 Å². The molecule has 0 aliphatic rings. The molecule has 0 aliphatic carbocycles. The van der Waals surface area contributed by atoms with E-state index in [4.69, 9.17) is 0 Å². The summed E-state index contributed by atoms with van der Waals surface area (Å²) in [5.74, 6) is 0. The maximum Gasteiger partial charge on any atom is 2.00 e. The summed E-state index contributed by atoms with van der Waals surface area (Å²) in [5, 5.41) is 0. The van der Waals surface area contributed by atoms with E-state index in [2.05, 4.69) is 0 Å². The first-order chi connectivity index (χ1) is 0. The summed E-state index contributed by atoms with van der Waals surface area (Å²) in [6.45, 7) is 0.